The van der Waals surface area contributed by atoms with Gasteiger partial charge in [-0.1, -0.05) is 0 Å². The maximum Gasteiger partial charge on any atom is 0.237 e. The first-order valence-electron chi connectivity index (χ1n) is 3.83. The smallest absolute Gasteiger partial charge is 0.237 e. The first kappa shape index (κ1) is 9.53. The number of hydrogen-bond donors (Lipinski definition) is 2. The number of aromatic nitrogens is 2. The van der Waals surface area contributed by atoms with Crippen LogP contribution in [0.5, 0.6) is 5.75 Å². The Morgan fingerprint density at radius 1 is 1.85 bits per heavy atom. The molecule has 0 fully saturated rings. The Labute approximate surface area is 75.6 Å². The third kappa shape index (κ3) is 3.12. The lowest BCUT2D eigenvalue weighted by atomic mass is 10.4. The van der Waals surface area contributed by atoms with Crippen LogP contribution < -0.4 is 16.0 Å². The summed E-state index contributed by atoms with van der Waals surface area (Å²) in [5.41, 5.74) is 2.02. The molecule has 0 aliphatic carbocycles. The van der Waals surface area contributed by atoms with Gasteiger partial charge in [0.15, 0.2) is 5.75 Å². The van der Waals surface area contributed by atoms with Crippen LogP contribution in [-0.2, 0) is 11.8 Å². The number of rotatable bonds is 4. The Kier molecular flexibility index (Phi) is 3.27. The SMILES string of the molecule is Cn1cc(OCCC(=O)NN)cn1. The Hall–Kier alpha value is -1.56. The molecule has 0 radical (unpaired) electrons. The van der Waals surface area contributed by atoms with Gasteiger partial charge in [-0.25, -0.2) is 5.84 Å². The van der Waals surface area contributed by atoms with Gasteiger partial charge >= 0.3 is 0 Å². The van der Waals surface area contributed by atoms with Gasteiger partial charge in [-0.2, -0.15) is 5.10 Å². The first-order chi connectivity index (χ1) is 6.22. The fourth-order valence-electron chi connectivity index (χ4n) is 0.807. The quantitative estimate of drug-likeness (QED) is 0.364. The molecule has 0 saturated heterocycles. The summed E-state index contributed by atoms with van der Waals surface area (Å²) in [6, 6.07) is 0. The number of carbonyl (C=O) groups is 1. The summed E-state index contributed by atoms with van der Waals surface area (Å²) >= 11 is 0. The van der Waals surface area contributed by atoms with Crippen molar-refractivity contribution in [1.29, 1.82) is 0 Å². The summed E-state index contributed by atoms with van der Waals surface area (Å²) in [7, 11) is 1.79. The van der Waals surface area contributed by atoms with E-state index in [0.717, 1.165) is 0 Å². The number of carbonyl (C=O) groups excluding carboxylic acids is 1. The number of hydrazine groups is 1. The zero-order chi connectivity index (χ0) is 9.68. The molecule has 0 bridgehead atoms. The minimum atomic E-state index is -0.246. The molecule has 0 atom stereocenters. The fraction of sp³-hybridized carbons (Fsp3) is 0.429. The van der Waals surface area contributed by atoms with E-state index < -0.39 is 0 Å². The van der Waals surface area contributed by atoms with Gasteiger partial charge in [0.2, 0.25) is 5.91 Å². The lowest BCUT2D eigenvalue weighted by Gasteiger charge is -2.01. The van der Waals surface area contributed by atoms with Crippen LogP contribution in [0.4, 0.5) is 0 Å². The van der Waals surface area contributed by atoms with Gasteiger partial charge in [0, 0.05) is 7.05 Å². The summed E-state index contributed by atoms with van der Waals surface area (Å²) in [5, 5.41) is 3.90. The largest absolute Gasteiger partial charge is 0.490 e. The van der Waals surface area contributed by atoms with Gasteiger partial charge in [0.25, 0.3) is 0 Å². The molecule has 0 aliphatic heterocycles. The normalized spacial score (nSPS) is 9.69. The number of ether oxygens (including phenoxy) is 1. The monoisotopic (exact) mass is 184 g/mol. The van der Waals surface area contributed by atoms with E-state index in [1.165, 1.54) is 0 Å². The molecule has 0 spiro atoms. The highest BCUT2D eigenvalue weighted by Crippen LogP contribution is 2.06. The van der Waals surface area contributed by atoms with E-state index in [2.05, 4.69) is 5.10 Å². The molecule has 0 unspecified atom stereocenters. The molecule has 0 aliphatic rings. The fourth-order valence-corrected chi connectivity index (χ4v) is 0.807. The van der Waals surface area contributed by atoms with Crippen LogP contribution in [-0.4, -0.2) is 22.3 Å². The van der Waals surface area contributed by atoms with E-state index in [1.54, 1.807) is 24.1 Å². The third-order valence-electron chi connectivity index (χ3n) is 1.44. The Morgan fingerprint density at radius 2 is 2.62 bits per heavy atom. The average molecular weight is 184 g/mol. The van der Waals surface area contributed by atoms with Crippen LogP contribution in [0.3, 0.4) is 0 Å². The van der Waals surface area contributed by atoms with E-state index in [9.17, 15) is 4.79 Å². The Morgan fingerprint density at radius 3 is 3.15 bits per heavy atom. The van der Waals surface area contributed by atoms with Gasteiger partial charge in [0.1, 0.15) is 0 Å². The van der Waals surface area contributed by atoms with Crippen molar-refractivity contribution < 1.29 is 9.53 Å². The minimum absolute atomic E-state index is 0.241. The standard InChI is InChI=1S/C7H12N4O2/c1-11-5-6(4-9-11)13-3-2-7(12)10-8/h4-5H,2-3,8H2,1H3,(H,10,12). The van der Waals surface area contributed by atoms with Crippen LogP contribution in [0.15, 0.2) is 12.4 Å². The van der Waals surface area contributed by atoms with Crippen molar-refractivity contribution in [3.05, 3.63) is 12.4 Å². The third-order valence-corrected chi connectivity index (χ3v) is 1.44. The van der Waals surface area contributed by atoms with E-state index >= 15 is 0 Å². The molecule has 3 N–H and O–H groups in total. The van der Waals surface area contributed by atoms with Crippen LogP contribution in [0.1, 0.15) is 6.42 Å². The van der Waals surface area contributed by atoms with Gasteiger partial charge < -0.3 is 4.74 Å². The number of nitrogens with two attached hydrogens (primary N) is 1. The van der Waals surface area contributed by atoms with Crippen molar-refractivity contribution in [2.75, 3.05) is 6.61 Å². The molecule has 1 aromatic rings. The molecular weight excluding hydrogens is 172 g/mol. The summed E-state index contributed by atoms with van der Waals surface area (Å²) in [6.45, 7) is 0.300. The van der Waals surface area contributed by atoms with E-state index in [4.69, 9.17) is 10.6 Å². The van der Waals surface area contributed by atoms with Crippen LogP contribution in [0, 0.1) is 0 Å². The summed E-state index contributed by atoms with van der Waals surface area (Å²) < 4.78 is 6.82. The lowest BCUT2D eigenvalue weighted by Crippen LogP contribution is -2.31. The molecule has 1 aromatic heterocycles. The number of nitrogens with zero attached hydrogens (tertiary/aromatic N) is 2. The second-order valence-electron chi connectivity index (χ2n) is 2.52. The second-order valence-corrected chi connectivity index (χ2v) is 2.52. The molecule has 72 valence electrons. The summed E-state index contributed by atoms with van der Waals surface area (Å²) in [5.74, 6) is 5.28. The molecular formula is C7H12N4O2. The van der Waals surface area contributed by atoms with Crippen molar-refractivity contribution in [3.63, 3.8) is 0 Å². The average Bonchev–Trinajstić information content (AvgIpc) is 2.51. The minimum Gasteiger partial charge on any atom is -0.490 e. The van der Waals surface area contributed by atoms with E-state index in [0.29, 0.717) is 12.4 Å². The molecule has 1 amide bonds. The zero-order valence-corrected chi connectivity index (χ0v) is 7.36. The van der Waals surface area contributed by atoms with Gasteiger partial charge in [-0.05, 0) is 0 Å². The topological polar surface area (TPSA) is 82.2 Å². The summed E-state index contributed by atoms with van der Waals surface area (Å²) in [6.07, 6.45) is 3.55. The maximum absolute atomic E-state index is 10.7. The highest BCUT2D eigenvalue weighted by atomic mass is 16.5. The van der Waals surface area contributed by atoms with Crippen molar-refractivity contribution in [2.24, 2.45) is 12.9 Å². The number of hydrogen-bond acceptors (Lipinski definition) is 4. The predicted molar refractivity (Wildman–Crippen MR) is 45.7 cm³/mol. The molecule has 13 heavy (non-hydrogen) atoms. The maximum atomic E-state index is 10.7. The zero-order valence-electron chi connectivity index (χ0n) is 7.36. The molecule has 6 nitrogen and oxygen atoms in total. The number of amides is 1. The molecule has 1 rings (SSSR count). The van der Waals surface area contributed by atoms with E-state index in [-0.39, 0.29) is 12.3 Å². The molecule has 0 aromatic carbocycles. The van der Waals surface area contributed by atoms with Crippen LogP contribution in [0.2, 0.25) is 0 Å². The second kappa shape index (κ2) is 4.46. The van der Waals surface area contributed by atoms with Gasteiger partial charge in [0.05, 0.1) is 25.4 Å². The Balaban J connectivity index is 2.24. The van der Waals surface area contributed by atoms with E-state index in [1.807, 2.05) is 5.43 Å². The van der Waals surface area contributed by atoms with Gasteiger partial charge in [-0.3, -0.25) is 14.9 Å². The highest BCUT2D eigenvalue weighted by Gasteiger charge is 2.00. The predicted octanol–water partition coefficient (Wildman–Crippen LogP) is -0.821. The van der Waals surface area contributed by atoms with Crippen molar-refractivity contribution in [1.82, 2.24) is 15.2 Å². The first-order valence-corrected chi connectivity index (χ1v) is 3.83. The van der Waals surface area contributed by atoms with Crippen molar-refractivity contribution in [2.45, 2.75) is 6.42 Å². The Bertz CT molecular complexity index is 284. The number of aryl methyl sites for hydroxylation is 1. The number of nitrogens with one attached hydrogen (secondary N) is 1. The highest BCUT2D eigenvalue weighted by molar-refractivity contribution is 5.75. The van der Waals surface area contributed by atoms with Crippen molar-refractivity contribution >= 4 is 5.91 Å². The van der Waals surface area contributed by atoms with Crippen LogP contribution >= 0.6 is 0 Å². The lowest BCUT2D eigenvalue weighted by molar-refractivity contribution is -0.121. The van der Waals surface area contributed by atoms with Crippen molar-refractivity contribution in [3.8, 4) is 5.75 Å². The van der Waals surface area contributed by atoms with Crippen LogP contribution in [0.25, 0.3) is 0 Å². The molecule has 0 saturated carbocycles. The van der Waals surface area contributed by atoms with Gasteiger partial charge in [-0.15, -0.1) is 0 Å². The summed E-state index contributed by atoms with van der Waals surface area (Å²) in [4.78, 5) is 10.7. The molecule has 6 heteroatoms. The molecule has 1 heterocycles.